The molecule has 1 N–H and O–H groups in total. The van der Waals surface area contributed by atoms with Gasteiger partial charge in [-0.1, -0.05) is 19.9 Å². The van der Waals surface area contributed by atoms with E-state index in [1.165, 1.54) is 0 Å². The normalized spacial score (nSPS) is 30.3. The van der Waals surface area contributed by atoms with Crippen LogP contribution in [0.4, 0.5) is 0 Å². The molecule has 1 heterocycles. The van der Waals surface area contributed by atoms with Gasteiger partial charge in [0.2, 0.25) is 0 Å². The van der Waals surface area contributed by atoms with Crippen molar-refractivity contribution in [3.63, 3.8) is 0 Å². The second-order valence-electron chi connectivity index (χ2n) is 4.49. The first-order valence-corrected chi connectivity index (χ1v) is 5.59. The Hall–Kier alpha value is -0.340. The fraction of sp³-hybridized carbons (Fsp3) is 0.833. The van der Waals surface area contributed by atoms with Crippen molar-refractivity contribution in [2.45, 2.75) is 57.8 Å². The van der Waals surface area contributed by atoms with Crippen LogP contribution >= 0.6 is 0 Å². The Morgan fingerprint density at radius 3 is 2.79 bits per heavy atom. The fourth-order valence-electron chi connectivity index (χ4n) is 1.97. The number of hydrogen-bond donors (Lipinski definition) is 1. The first-order chi connectivity index (χ1) is 6.65. The summed E-state index contributed by atoms with van der Waals surface area (Å²) < 4.78 is 5.83. The van der Waals surface area contributed by atoms with Gasteiger partial charge in [0, 0.05) is 0 Å². The SMILES string of the molecule is C=CC[C@H]1CCC[C@@H]([C@H](O)C(C)C)O1. The van der Waals surface area contributed by atoms with E-state index < -0.39 is 0 Å². The molecule has 1 aliphatic heterocycles. The summed E-state index contributed by atoms with van der Waals surface area (Å²) in [6.07, 6.45) is 6.06. The molecule has 0 aromatic heterocycles. The smallest absolute Gasteiger partial charge is 0.0840 e. The van der Waals surface area contributed by atoms with E-state index in [4.69, 9.17) is 4.74 Å². The molecule has 0 aliphatic carbocycles. The fourth-order valence-corrected chi connectivity index (χ4v) is 1.97. The molecular formula is C12H22O2. The summed E-state index contributed by atoms with van der Waals surface area (Å²) in [5.41, 5.74) is 0. The summed E-state index contributed by atoms with van der Waals surface area (Å²) in [4.78, 5) is 0. The zero-order valence-corrected chi connectivity index (χ0v) is 9.28. The molecule has 1 saturated heterocycles. The zero-order chi connectivity index (χ0) is 10.6. The molecular weight excluding hydrogens is 176 g/mol. The van der Waals surface area contributed by atoms with E-state index in [1.807, 2.05) is 19.9 Å². The van der Waals surface area contributed by atoms with Gasteiger partial charge in [0.05, 0.1) is 18.3 Å². The maximum absolute atomic E-state index is 9.89. The third kappa shape index (κ3) is 3.10. The molecule has 1 fully saturated rings. The maximum atomic E-state index is 9.89. The highest BCUT2D eigenvalue weighted by Crippen LogP contribution is 2.25. The predicted molar refractivity (Wildman–Crippen MR) is 58.2 cm³/mol. The lowest BCUT2D eigenvalue weighted by molar-refractivity contribution is -0.115. The van der Waals surface area contributed by atoms with Crippen LogP contribution < -0.4 is 0 Å². The van der Waals surface area contributed by atoms with Crippen molar-refractivity contribution in [1.29, 1.82) is 0 Å². The zero-order valence-electron chi connectivity index (χ0n) is 9.28. The quantitative estimate of drug-likeness (QED) is 0.703. The molecule has 3 atom stereocenters. The minimum Gasteiger partial charge on any atom is -0.390 e. The summed E-state index contributed by atoms with van der Waals surface area (Å²) in [6, 6.07) is 0. The van der Waals surface area contributed by atoms with Gasteiger partial charge in [-0.3, -0.25) is 0 Å². The molecule has 14 heavy (non-hydrogen) atoms. The highest BCUT2D eigenvalue weighted by molar-refractivity contribution is 4.82. The van der Waals surface area contributed by atoms with Crippen LogP contribution in [0.1, 0.15) is 39.5 Å². The monoisotopic (exact) mass is 198 g/mol. The molecule has 0 bridgehead atoms. The van der Waals surface area contributed by atoms with Crippen LogP contribution in [-0.2, 0) is 4.74 Å². The summed E-state index contributed by atoms with van der Waals surface area (Å²) in [5, 5.41) is 9.89. The molecule has 0 aromatic carbocycles. The Balaban J connectivity index is 2.42. The third-order valence-corrected chi connectivity index (χ3v) is 2.88. The average Bonchev–Trinajstić information content (AvgIpc) is 2.17. The van der Waals surface area contributed by atoms with Crippen molar-refractivity contribution in [3.8, 4) is 0 Å². The van der Waals surface area contributed by atoms with E-state index in [2.05, 4.69) is 6.58 Å². The molecule has 1 aliphatic rings. The Labute approximate surface area is 87.0 Å². The van der Waals surface area contributed by atoms with Gasteiger partial charge in [0.25, 0.3) is 0 Å². The molecule has 0 radical (unpaired) electrons. The molecule has 0 saturated carbocycles. The molecule has 0 amide bonds. The lowest BCUT2D eigenvalue weighted by atomic mass is 9.93. The van der Waals surface area contributed by atoms with Crippen LogP contribution in [-0.4, -0.2) is 23.4 Å². The standard InChI is InChI=1S/C12H22O2/c1-4-6-10-7-5-8-11(14-10)12(13)9(2)3/h4,9-13H,1,5-8H2,2-3H3/t10-,11-,12+/m0/s1. The van der Waals surface area contributed by atoms with E-state index in [-0.39, 0.29) is 24.2 Å². The summed E-state index contributed by atoms with van der Waals surface area (Å²) >= 11 is 0. The number of hydrogen-bond acceptors (Lipinski definition) is 2. The van der Waals surface area contributed by atoms with Crippen LogP contribution in [0.5, 0.6) is 0 Å². The molecule has 0 aromatic rings. The summed E-state index contributed by atoms with van der Waals surface area (Å²) in [7, 11) is 0. The van der Waals surface area contributed by atoms with Crippen LogP contribution in [0.3, 0.4) is 0 Å². The molecule has 1 rings (SSSR count). The Kier molecular flexibility index (Phi) is 4.63. The van der Waals surface area contributed by atoms with Crippen LogP contribution in [0.15, 0.2) is 12.7 Å². The predicted octanol–water partition coefficient (Wildman–Crippen LogP) is 2.52. The van der Waals surface area contributed by atoms with E-state index in [0.717, 1.165) is 25.7 Å². The molecule has 2 heteroatoms. The van der Waals surface area contributed by atoms with Gasteiger partial charge in [-0.15, -0.1) is 6.58 Å². The second kappa shape index (κ2) is 5.52. The highest BCUT2D eigenvalue weighted by atomic mass is 16.5. The Morgan fingerprint density at radius 2 is 2.21 bits per heavy atom. The molecule has 0 unspecified atom stereocenters. The summed E-state index contributed by atoms with van der Waals surface area (Å²) in [5.74, 6) is 0.280. The maximum Gasteiger partial charge on any atom is 0.0840 e. The van der Waals surface area contributed by atoms with Crippen molar-refractivity contribution < 1.29 is 9.84 Å². The van der Waals surface area contributed by atoms with Gasteiger partial charge in [0.1, 0.15) is 0 Å². The second-order valence-corrected chi connectivity index (χ2v) is 4.49. The summed E-state index contributed by atoms with van der Waals surface area (Å²) in [6.45, 7) is 7.78. The minimum absolute atomic E-state index is 0.0358. The van der Waals surface area contributed by atoms with Gasteiger partial charge in [-0.05, 0) is 31.6 Å². The van der Waals surface area contributed by atoms with Crippen molar-refractivity contribution in [1.82, 2.24) is 0 Å². The van der Waals surface area contributed by atoms with Crippen molar-refractivity contribution >= 4 is 0 Å². The number of ether oxygens (including phenoxy) is 1. The van der Waals surface area contributed by atoms with Crippen molar-refractivity contribution in [2.24, 2.45) is 5.92 Å². The van der Waals surface area contributed by atoms with Gasteiger partial charge >= 0.3 is 0 Å². The first kappa shape index (κ1) is 11.7. The van der Waals surface area contributed by atoms with Crippen LogP contribution in [0.2, 0.25) is 0 Å². The highest BCUT2D eigenvalue weighted by Gasteiger charge is 2.28. The molecule has 0 spiro atoms. The first-order valence-electron chi connectivity index (χ1n) is 5.59. The average molecular weight is 198 g/mol. The Bertz CT molecular complexity index is 177. The number of rotatable bonds is 4. The molecule has 82 valence electrons. The van der Waals surface area contributed by atoms with E-state index in [1.54, 1.807) is 0 Å². The van der Waals surface area contributed by atoms with Gasteiger partial charge in [-0.25, -0.2) is 0 Å². The number of aliphatic hydroxyl groups is 1. The van der Waals surface area contributed by atoms with Gasteiger partial charge in [0.15, 0.2) is 0 Å². The number of aliphatic hydroxyl groups excluding tert-OH is 1. The van der Waals surface area contributed by atoms with Gasteiger partial charge in [-0.2, -0.15) is 0 Å². The Morgan fingerprint density at radius 1 is 1.50 bits per heavy atom. The lowest BCUT2D eigenvalue weighted by Gasteiger charge is -2.34. The van der Waals surface area contributed by atoms with E-state index >= 15 is 0 Å². The lowest BCUT2D eigenvalue weighted by Crippen LogP contribution is -2.39. The largest absolute Gasteiger partial charge is 0.390 e. The minimum atomic E-state index is -0.317. The van der Waals surface area contributed by atoms with Crippen molar-refractivity contribution in [2.75, 3.05) is 0 Å². The van der Waals surface area contributed by atoms with E-state index in [0.29, 0.717) is 0 Å². The van der Waals surface area contributed by atoms with Crippen LogP contribution in [0.25, 0.3) is 0 Å². The third-order valence-electron chi connectivity index (χ3n) is 2.88. The van der Waals surface area contributed by atoms with Crippen molar-refractivity contribution in [3.05, 3.63) is 12.7 Å². The molecule has 2 nitrogen and oxygen atoms in total. The topological polar surface area (TPSA) is 29.5 Å². The van der Waals surface area contributed by atoms with E-state index in [9.17, 15) is 5.11 Å². The van der Waals surface area contributed by atoms with Crippen LogP contribution in [0, 0.1) is 5.92 Å². The van der Waals surface area contributed by atoms with Gasteiger partial charge < -0.3 is 9.84 Å².